The molecular weight excluding hydrogens is 441 g/mol. The summed E-state index contributed by atoms with van der Waals surface area (Å²) < 4.78 is 13.8. The van der Waals surface area contributed by atoms with Crippen LogP contribution in [0.25, 0.3) is 10.8 Å². The van der Waals surface area contributed by atoms with Gasteiger partial charge < -0.3 is 10.6 Å². The van der Waals surface area contributed by atoms with Gasteiger partial charge in [-0.25, -0.2) is 9.18 Å². The lowest BCUT2D eigenvalue weighted by Gasteiger charge is -2.27. The lowest BCUT2D eigenvalue weighted by molar-refractivity contribution is -0.135. The van der Waals surface area contributed by atoms with Crippen molar-refractivity contribution in [1.82, 2.24) is 15.5 Å². The lowest BCUT2D eigenvalue weighted by atomic mass is 9.90. The molecule has 5 rings (SSSR count). The van der Waals surface area contributed by atoms with Gasteiger partial charge in [0.25, 0.3) is 5.91 Å². The number of urea groups is 1. The summed E-state index contributed by atoms with van der Waals surface area (Å²) in [7, 11) is 0. The number of hydrogen-bond acceptors (Lipinski definition) is 4. The Morgan fingerprint density at radius 1 is 1.15 bits per heavy atom. The fourth-order valence-electron chi connectivity index (χ4n) is 4.44. The van der Waals surface area contributed by atoms with Crippen molar-refractivity contribution in [2.75, 3.05) is 12.3 Å². The molecule has 0 bridgehead atoms. The highest BCUT2D eigenvalue weighted by Gasteiger charge is 2.49. The lowest BCUT2D eigenvalue weighted by Crippen LogP contribution is -2.44. The molecule has 2 heterocycles. The van der Waals surface area contributed by atoms with Crippen molar-refractivity contribution in [2.45, 2.75) is 29.8 Å². The zero-order valence-electron chi connectivity index (χ0n) is 17.9. The number of imide groups is 1. The minimum Gasteiger partial charge on any atom is -0.348 e. The van der Waals surface area contributed by atoms with Crippen LogP contribution in [0.4, 0.5) is 9.18 Å². The maximum absolute atomic E-state index is 13.8. The second kappa shape index (κ2) is 8.19. The van der Waals surface area contributed by atoms with Crippen molar-refractivity contribution in [1.29, 1.82) is 0 Å². The minimum absolute atomic E-state index is 0.364. The summed E-state index contributed by atoms with van der Waals surface area (Å²) in [6, 6.07) is 16.9. The Morgan fingerprint density at radius 2 is 1.94 bits per heavy atom. The highest BCUT2D eigenvalue weighted by Crippen LogP contribution is 2.36. The van der Waals surface area contributed by atoms with Gasteiger partial charge in [0.2, 0.25) is 5.91 Å². The number of nitrogens with one attached hydrogen (secondary N) is 2. The van der Waals surface area contributed by atoms with Crippen LogP contribution in [0.5, 0.6) is 0 Å². The van der Waals surface area contributed by atoms with Gasteiger partial charge in [0.1, 0.15) is 17.9 Å². The summed E-state index contributed by atoms with van der Waals surface area (Å²) in [5.74, 6) is -0.528. The number of benzene rings is 3. The maximum atomic E-state index is 13.8. The van der Waals surface area contributed by atoms with Gasteiger partial charge in [-0.2, -0.15) is 0 Å². The zero-order chi connectivity index (χ0) is 23.2. The molecule has 3 aromatic rings. The summed E-state index contributed by atoms with van der Waals surface area (Å²) in [5.41, 5.74) is 0.104. The average molecular weight is 464 g/mol. The first kappa shape index (κ1) is 21.5. The number of rotatable bonds is 4. The van der Waals surface area contributed by atoms with E-state index in [0.717, 1.165) is 31.9 Å². The molecule has 1 fully saturated rings. The largest absolute Gasteiger partial charge is 0.348 e. The molecule has 168 valence electrons. The molecule has 0 spiro atoms. The molecular formula is C25H22FN3O3S. The van der Waals surface area contributed by atoms with Crippen molar-refractivity contribution >= 4 is 40.4 Å². The van der Waals surface area contributed by atoms with E-state index in [1.54, 1.807) is 24.8 Å². The van der Waals surface area contributed by atoms with Gasteiger partial charge in [0.05, 0.1) is 6.04 Å². The predicted molar refractivity (Wildman–Crippen MR) is 124 cm³/mol. The quantitative estimate of drug-likeness (QED) is 0.571. The van der Waals surface area contributed by atoms with E-state index in [1.165, 1.54) is 12.1 Å². The third-order valence-electron chi connectivity index (χ3n) is 6.25. The van der Waals surface area contributed by atoms with E-state index in [2.05, 4.69) is 10.6 Å². The first-order valence-corrected chi connectivity index (χ1v) is 11.7. The highest BCUT2D eigenvalue weighted by atomic mass is 32.2. The summed E-state index contributed by atoms with van der Waals surface area (Å²) in [5, 5.41) is 7.60. The van der Waals surface area contributed by atoms with E-state index >= 15 is 0 Å². The first-order chi connectivity index (χ1) is 15.8. The highest BCUT2D eigenvalue weighted by molar-refractivity contribution is 7.99. The molecule has 2 aliphatic rings. The molecule has 3 aromatic carbocycles. The van der Waals surface area contributed by atoms with Gasteiger partial charge in [-0.3, -0.25) is 14.5 Å². The standard InChI is InChI=1S/C25H22FN3O3S/c1-25(17-7-6-15-4-2-3-5-16(15)12-17)23(31)29(24(32)28-25)14-22(30)27-20-10-11-33-21-9-8-18(26)13-19(20)21/h2-9,12-13,20H,10-11,14H2,1H3,(H,27,30)(H,28,32)/t20-,25+/m0/s1. The van der Waals surface area contributed by atoms with Gasteiger partial charge in [0.15, 0.2) is 0 Å². The molecule has 0 unspecified atom stereocenters. The van der Waals surface area contributed by atoms with Crippen molar-refractivity contribution in [3.05, 3.63) is 77.6 Å². The van der Waals surface area contributed by atoms with Crippen LogP contribution < -0.4 is 10.6 Å². The molecule has 33 heavy (non-hydrogen) atoms. The van der Waals surface area contributed by atoms with E-state index in [-0.39, 0.29) is 11.9 Å². The second-order valence-corrected chi connectivity index (χ2v) is 9.58. The molecule has 6 nitrogen and oxygen atoms in total. The Bertz CT molecular complexity index is 1300. The Labute approximate surface area is 194 Å². The molecule has 8 heteroatoms. The number of halogens is 1. The molecule has 0 aliphatic carbocycles. The Hall–Kier alpha value is -3.39. The van der Waals surface area contributed by atoms with Gasteiger partial charge in [-0.1, -0.05) is 36.4 Å². The average Bonchev–Trinajstić information content (AvgIpc) is 3.03. The molecule has 0 radical (unpaired) electrons. The molecule has 0 saturated carbocycles. The van der Waals surface area contributed by atoms with E-state index in [1.807, 2.05) is 42.5 Å². The zero-order valence-corrected chi connectivity index (χ0v) is 18.7. The number of hydrogen-bond donors (Lipinski definition) is 2. The van der Waals surface area contributed by atoms with Crippen LogP contribution in [0.15, 0.2) is 65.6 Å². The molecule has 2 N–H and O–H groups in total. The van der Waals surface area contributed by atoms with Crippen molar-refractivity contribution < 1.29 is 18.8 Å². The van der Waals surface area contributed by atoms with E-state index < -0.39 is 29.9 Å². The predicted octanol–water partition coefficient (Wildman–Crippen LogP) is 4.10. The summed E-state index contributed by atoms with van der Waals surface area (Å²) in [6.45, 7) is 1.24. The third kappa shape index (κ3) is 3.84. The third-order valence-corrected chi connectivity index (χ3v) is 7.37. The molecule has 0 aromatic heterocycles. The number of fused-ring (bicyclic) bond motifs is 2. The number of carbonyl (C=O) groups excluding carboxylic acids is 3. The van der Waals surface area contributed by atoms with E-state index in [0.29, 0.717) is 12.0 Å². The fourth-order valence-corrected chi connectivity index (χ4v) is 5.54. The van der Waals surface area contributed by atoms with Crippen molar-refractivity contribution in [3.63, 3.8) is 0 Å². The van der Waals surface area contributed by atoms with Crippen LogP contribution in [0, 0.1) is 5.82 Å². The smallest absolute Gasteiger partial charge is 0.325 e. The van der Waals surface area contributed by atoms with Crippen LogP contribution >= 0.6 is 11.8 Å². The van der Waals surface area contributed by atoms with Crippen LogP contribution in [0.2, 0.25) is 0 Å². The van der Waals surface area contributed by atoms with E-state index in [9.17, 15) is 18.8 Å². The summed E-state index contributed by atoms with van der Waals surface area (Å²) >= 11 is 1.61. The number of nitrogens with zero attached hydrogens (tertiary/aromatic N) is 1. The summed E-state index contributed by atoms with van der Waals surface area (Å²) in [6.07, 6.45) is 0.641. The van der Waals surface area contributed by atoms with Gasteiger partial charge in [0, 0.05) is 10.6 Å². The minimum atomic E-state index is -1.27. The van der Waals surface area contributed by atoms with Gasteiger partial charge in [-0.15, -0.1) is 11.8 Å². The Morgan fingerprint density at radius 3 is 2.76 bits per heavy atom. The van der Waals surface area contributed by atoms with Crippen molar-refractivity contribution in [3.8, 4) is 0 Å². The number of carbonyl (C=O) groups is 3. The fraction of sp³-hybridized carbons (Fsp3) is 0.240. The van der Waals surface area contributed by atoms with Gasteiger partial charge >= 0.3 is 6.03 Å². The van der Waals surface area contributed by atoms with Crippen LogP contribution in [-0.2, 0) is 15.1 Å². The number of thioether (sulfide) groups is 1. The monoisotopic (exact) mass is 463 g/mol. The molecule has 4 amide bonds. The SMILES string of the molecule is C[C@]1(c2ccc3ccccc3c2)NC(=O)N(CC(=O)N[C@H]2CCSc3ccc(F)cc32)C1=O. The topological polar surface area (TPSA) is 78.5 Å². The second-order valence-electron chi connectivity index (χ2n) is 8.45. The molecule has 1 saturated heterocycles. The van der Waals surface area contributed by atoms with Gasteiger partial charge in [-0.05, 0) is 59.5 Å². The maximum Gasteiger partial charge on any atom is 0.325 e. The van der Waals surface area contributed by atoms with Crippen LogP contribution in [0.1, 0.15) is 30.5 Å². The normalized spacial score (nSPS) is 22.2. The van der Waals surface area contributed by atoms with Crippen molar-refractivity contribution in [2.24, 2.45) is 0 Å². The Kier molecular flexibility index (Phi) is 5.32. The Balaban J connectivity index is 1.33. The van der Waals surface area contributed by atoms with Crippen LogP contribution in [-0.4, -0.2) is 35.0 Å². The van der Waals surface area contributed by atoms with Crippen LogP contribution in [0.3, 0.4) is 0 Å². The number of amides is 4. The van der Waals surface area contributed by atoms with E-state index in [4.69, 9.17) is 0 Å². The first-order valence-electron chi connectivity index (χ1n) is 10.7. The molecule has 2 aliphatic heterocycles. The molecule has 2 atom stereocenters. The summed E-state index contributed by atoms with van der Waals surface area (Å²) in [4.78, 5) is 40.6.